The fraction of sp³-hybridized carbons (Fsp3) is 0.300. The molecule has 0 bridgehead atoms. The van der Waals surface area contributed by atoms with Crippen molar-refractivity contribution in [3.63, 3.8) is 0 Å². The summed E-state index contributed by atoms with van der Waals surface area (Å²) < 4.78 is 75.6. The van der Waals surface area contributed by atoms with Crippen LogP contribution in [0.25, 0.3) is 0 Å². The average molecular weight is 667 g/mol. The van der Waals surface area contributed by atoms with E-state index in [2.05, 4.69) is 0 Å². The first-order chi connectivity index (χ1) is 19.7. The molecule has 0 saturated carbocycles. The maximum atomic E-state index is 11.7. The van der Waals surface area contributed by atoms with Crippen LogP contribution in [0.1, 0.15) is 54.2 Å². The molecule has 6 nitrogen and oxygen atoms in total. The van der Waals surface area contributed by atoms with Crippen LogP contribution in [-0.4, -0.2) is 17.9 Å². The van der Waals surface area contributed by atoms with Gasteiger partial charge in [0.25, 0.3) is 0 Å². The summed E-state index contributed by atoms with van der Waals surface area (Å²) in [5.74, 6) is 0.604. The van der Waals surface area contributed by atoms with Crippen LogP contribution in [0.2, 0.25) is 0 Å². The van der Waals surface area contributed by atoms with Gasteiger partial charge in [0.05, 0.1) is 10.9 Å². The van der Waals surface area contributed by atoms with Gasteiger partial charge in [-0.1, -0.05) is 0 Å². The van der Waals surface area contributed by atoms with E-state index in [1.54, 1.807) is 0 Å². The zero-order valence-corrected chi connectivity index (χ0v) is 27.2. The van der Waals surface area contributed by atoms with E-state index >= 15 is 0 Å². The molecule has 3 rings (SSSR count). The third-order valence-electron chi connectivity index (χ3n) is 5.75. The molecule has 0 saturated heterocycles. The zero-order chi connectivity index (χ0) is 34.0. The Morgan fingerprint density at radius 3 is 0.773 bits per heavy atom. The van der Waals surface area contributed by atoms with Gasteiger partial charge in [-0.2, -0.15) is 0 Å². The molecule has 0 radical (unpaired) electrons. The van der Waals surface area contributed by atoms with Crippen molar-refractivity contribution in [3.8, 4) is 17.2 Å². The summed E-state index contributed by atoms with van der Waals surface area (Å²) >= 11 is 0. The summed E-state index contributed by atoms with van der Waals surface area (Å²) in [6, 6.07) is 12.3. The minimum atomic E-state index is -10.7. The van der Waals surface area contributed by atoms with Crippen LogP contribution in [0.4, 0.5) is 25.2 Å². The standard InChI is InChI=1S/C30H33O6S.F6P/c1-16-10-25(11-17(2)28(16)34-22(7)31)37(26-12-18(3)29(19(4)13-26)35-23(8)32)27-14-20(5)30(21(6)15-27)36-24(9)33;1-7(2,3,4,5)6/h10-15H,1-9H3;/q+1;-1. The summed E-state index contributed by atoms with van der Waals surface area (Å²) in [5.41, 5.74) is 5.15. The van der Waals surface area contributed by atoms with Crippen molar-refractivity contribution in [3.05, 3.63) is 69.8 Å². The molecular weight excluding hydrogens is 633 g/mol. The minimum absolute atomic E-state index is 0.363. The molecule has 242 valence electrons. The molecule has 0 spiro atoms. The van der Waals surface area contributed by atoms with Crippen LogP contribution >= 0.6 is 7.81 Å². The molecule has 0 aliphatic heterocycles. The van der Waals surface area contributed by atoms with E-state index in [1.165, 1.54) is 20.8 Å². The fourth-order valence-electron chi connectivity index (χ4n) is 4.41. The topological polar surface area (TPSA) is 78.9 Å². The molecule has 0 N–H and O–H groups in total. The summed E-state index contributed by atoms with van der Waals surface area (Å²) in [4.78, 5) is 38.1. The number of ether oxygens (including phenoxy) is 3. The quantitative estimate of drug-likeness (QED) is 0.0857. The molecule has 0 amide bonds. The van der Waals surface area contributed by atoms with Crippen LogP contribution < -0.4 is 14.2 Å². The second kappa shape index (κ2) is 12.4. The van der Waals surface area contributed by atoms with Crippen molar-refractivity contribution in [1.29, 1.82) is 0 Å². The Labute approximate surface area is 254 Å². The normalized spacial score (nSPS) is 12.8. The summed E-state index contributed by atoms with van der Waals surface area (Å²) in [5, 5.41) is 0. The first kappa shape index (κ1) is 36.6. The van der Waals surface area contributed by atoms with Gasteiger partial charge in [0, 0.05) is 57.2 Å². The van der Waals surface area contributed by atoms with E-state index in [-0.39, 0.29) is 17.9 Å². The van der Waals surface area contributed by atoms with Gasteiger partial charge in [-0.05, 0) is 74.9 Å². The Bertz CT molecular complexity index is 1390. The molecule has 0 atom stereocenters. The molecular formula is C30H33F6O6PS. The molecule has 14 heteroatoms. The number of aryl methyl sites for hydroxylation is 6. The Kier molecular flexibility index (Phi) is 10.4. The predicted molar refractivity (Wildman–Crippen MR) is 157 cm³/mol. The SMILES string of the molecule is CC(=O)Oc1c(C)cc([S+](c2cc(C)c(OC(C)=O)c(C)c2)c2cc(C)c(OC(C)=O)c(C)c2)cc1C.F[P-](F)(F)(F)(F)F. The van der Waals surface area contributed by atoms with Gasteiger partial charge in [0.2, 0.25) is 0 Å². The van der Waals surface area contributed by atoms with Crippen molar-refractivity contribution in [2.24, 2.45) is 0 Å². The number of hydrogen-bond donors (Lipinski definition) is 0. The maximum absolute atomic E-state index is 11.7. The van der Waals surface area contributed by atoms with Gasteiger partial charge in [-0.25, -0.2) is 0 Å². The monoisotopic (exact) mass is 666 g/mol. The van der Waals surface area contributed by atoms with Crippen molar-refractivity contribution in [2.45, 2.75) is 77.0 Å². The van der Waals surface area contributed by atoms with Crippen LogP contribution in [0.3, 0.4) is 0 Å². The molecule has 3 aromatic carbocycles. The number of rotatable bonds is 6. The number of benzene rings is 3. The molecule has 0 heterocycles. The number of halogens is 6. The van der Waals surface area contributed by atoms with Crippen molar-refractivity contribution in [2.75, 3.05) is 0 Å². The van der Waals surface area contributed by atoms with E-state index in [1.807, 2.05) is 77.9 Å². The molecule has 0 aromatic heterocycles. The van der Waals surface area contributed by atoms with Crippen LogP contribution in [0.5, 0.6) is 17.2 Å². The Morgan fingerprint density at radius 1 is 0.477 bits per heavy atom. The second-order valence-electron chi connectivity index (χ2n) is 10.2. The van der Waals surface area contributed by atoms with Gasteiger partial charge in [0.1, 0.15) is 17.2 Å². The molecule has 0 unspecified atom stereocenters. The number of carbonyl (C=O) groups is 3. The fourth-order valence-corrected chi connectivity index (χ4v) is 6.99. The van der Waals surface area contributed by atoms with E-state index in [9.17, 15) is 39.6 Å². The van der Waals surface area contributed by atoms with E-state index in [0.29, 0.717) is 17.2 Å². The van der Waals surface area contributed by atoms with Crippen LogP contribution in [-0.2, 0) is 25.3 Å². The molecule has 0 fully saturated rings. The Morgan fingerprint density at radius 2 is 0.636 bits per heavy atom. The Balaban J connectivity index is 0.000000860. The first-order valence-electron chi connectivity index (χ1n) is 12.9. The van der Waals surface area contributed by atoms with Gasteiger partial charge < -0.3 is 14.2 Å². The van der Waals surface area contributed by atoms with Crippen molar-refractivity contribution >= 4 is 36.6 Å². The Hall–Kier alpha value is -3.57. The third-order valence-corrected chi connectivity index (χ3v) is 7.87. The number of esters is 3. The van der Waals surface area contributed by atoms with Gasteiger partial charge in [0.15, 0.2) is 14.7 Å². The first-order valence-corrected chi connectivity index (χ1v) is 16.2. The molecule has 0 aliphatic carbocycles. The molecule has 0 aliphatic rings. The van der Waals surface area contributed by atoms with Gasteiger partial charge >= 0.3 is 50.9 Å². The number of carbonyl (C=O) groups excluding carboxylic acids is 3. The molecule has 44 heavy (non-hydrogen) atoms. The van der Waals surface area contributed by atoms with Crippen molar-refractivity contribution < 1.29 is 53.8 Å². The van der Waals surface area contributed by atoms with Gasteiger partial charge in [-0.15, -0.1) is 0 Å². The van der Waals surface area contributed by atoms with E-state index < -0.39 is 18.7 Å². The number of hydrogen-bond acceptors (Lipinski definition) is 6. The van der Waals surface area contributed by atoms with Gasteiger partial charge in [-0.3, -0.25) is 14.4 Å². The average Bonchev–Trinajstić information content (AvgIpc) is 2.79. The second-order valence-corrected chi connectivity index (χ2v) is 14.1. The predicted octanol–water partition coefficient (Wildman–Crippen LogP) is 9.79. The molecule has 3 aromatic rings. The third kappa shape index (κ3) is 11.5. The zero-order valence-electron chi connectivity index (χ0n) is 25.5. The van der Waals surface area contributed by atoms with E-state index in [4.69, 9.17) is 14.2 Å². The van der Waals surface area contributed by atoms with E-state index in [0.717, 1.165) is 48.1 Å². The summed E-state index contributed by atoms with van der Waals surface area (Å²) in [6.07, 6.45) is 0. The van der Waals surface area contributed by atoms with Crippen molar-refractivity contribution in [1.82, 2.24) is 0 Å². The summed E-state index contributed by atoms with van der Waals surface area (Å²) in [6.45, 7) is 15.7. The van der Waals surface area contributed by atoms with Crippen LogP contribution in [0.15, 0.2) is 51.1 Å². The van der Waals surface area contributed by atoms with Crippen LogP contribution in [0, 0.1) is 41.5 Å². The summed E-state index contributed by atoms with van der Waals surface area (Å²) in [7, 11) is -11.2.